The molecule has 1 N–H and O–H groups in total. The van der Waals surface area contributed by atoms with Gasteiger partial charge in [-0.1, -0.05) is 26.0 Å². The summed E-state index contributed by atoms with van der Waals surface area (Å²) in [4.78, 5) is 16.8. The van der Waals surface area contributed by atoms with Crippen LogP contribution in [0.3, 0.4) is 0 Å². The van der Waals surface area contributed by atoms with Crippen LogP contribution in [0.15, 0.2) is 35.4 Å². The van der Waals surface area contributed by atoms with Gasteiger partial charge in [0.2, 0.25) is 5.91 Å². The summed E-state index contributed by atoms with van der Waals surface area (Å²) < 4.78 is 0. The summed E-state index contributed by atoms with van der Waals surface area (Å²) >= 11 is 1.46. The van der Waals surface area contributed by atoms with Crippen molar-refractivity contribution in [2.24, 2.45) is 5.92 Å². The monoisotopic (exact) mass is 367 g/mol. The van der Waals surface area contributed by atoms with E-state index in [1.54, 1.807) is 0 Å². The molecule has 1 amide bonds. The van der Waals surface area contributed by atoms with E-state index < -0.39 is 0 Å². The molecule has 1 heterocycles. The number of amides is 1. The number of aryl methyl sites for hydroxylation is 2. The maximum absolute atomic E-state index is 12.2. The van der Waals surface area contributed by atoms with E-state index in [1.165, 1.54) is 11.8 Å². The third kappa shape index (κ3) is 5.89. The number of nitrogens with zero attached hydrogens (tertiary/aromatic N) is 2. The molecule has 0 atom stereocenters. The van der Waals surface area contributed by atoms with Gasteiger partial charge in [-0.05, 0) is 55.5 Å². The second-order valence-corrected chi connectivity index (χ2v) is 7.91. The number of carbonyl (C=O) groups is 1. The number of aromatic nitrogens is 1. The van der Waals surface area contributed by atoms with Crippen molar-refractivity contribution in [3.8, 4) is 6.07 Å². The van der Waals surface area contributed by atoms with Gasteiger partial charge in [-0.3, -0.25) is 4.79 Å². The fourth-order valence-corrected chi connectivity index (χ4v) is 3.46. The SMILES string of the molecule is Cc1ccc(C)c(NC(=O)CCSc2nc(CC(C)C)ccc2C#N)c1. The van der Waals surface area contributed by atoms with Gasteiger partial charge in [0.15, 0.2) is 0 Å². The predicted molar refractivity (Wildman–Crippen MR) is 107 cm³/mol. The van der Waals surface area contributed by atoms with Gasteiger partial charge >= 0.3 is 0 Å². The fraction of sp³-hybridized carbons (Fsp3) is 0.381. The number of anilines is 1. The highest BCUT2D eigenvalue weighted by Crippen LogP contribution is 2.23. The summed E-state index contributed by atoms with van der Waals surface area (Å²) in [7, 11) is 0. The van der Waals surface area contributed by atoms with Crippen molar-refractivity contribution in [3.63, 3.8) is 0 Å². The van der Waals surface area contributed by atoms with E-state index in [9.17, 15) is 10.1 Å². The van der Waals surface area contributed by atoms with Gasteiger partial charge in [-0.15, -0.1) is 11.8 Å². The van der Waals surface area contributed by atoms with Gasteiger partial charge in [0, 0.05) is 23.6 Å². The second kappa shape index (κ2) is 9.40. The largest absolute Gasteiger partial charge is 0.326 e. The molecule has 0 aliphatic heterocycles. The van der Waals surface area contributed by atoms with Crippen LogP contribution >= 0.6 is 11.8 Å². The fourth-order valence-electron chi connectivity index (χ4n) is 2.53. The number of hydrogen-bond donors (Lipinski definition) is 1. The Morgan fingerprint density at radius 2 is 2.04 bits per heavy atom. The maximum Gasteiger partial charge on any atom is 0.225 e. The number of benzene rings is 1. The van der Waals surface area contributed by atoms with Crippen LogP contribution in [-0.2, 0) is 11.2 Å². The van der Waals surface area contributed by atoms with Crippen LogP contribution < -0.4 is 5.32 Å². The Morgan fingerprint density at radius 1 is 1.27 bits per heavy atom. The highest BCUT2D eigenvalue weighted by atomic mass is 32.2. The number of pyridine rings is 1. The number of nitrogens with one attached hydrogen (secondary N) is 1. The van der Waals surface area contributed by atoms with Gasteiger partial charge in [-0.2, -0.15) is 5.26 Å². The molecule has 1 aromatic carbocycles. The molecule has 1 aromatic heterocycles. The highest BCUT2D eigenvalue weighted by Gasteiger charge is 2.10. The van der Waals surface area contributed by atoms with E-state index in [-0.39, 0.29) is 5.91 Å². The maximum atomic E-state index is 12.2. The van der Waals surface area contributed by atoms with E-state index in [2.05, 4.69) is 30.2 Å². The lowest BCUT2D eigenvalue weighted by molar-refractivity contribution is -0.115. The summed E-state index contributed by atoms with van der Waals surface area (Å²) in [5.41, 5.74) is 4.57. The predicted octanol–water partition coefficient (Wildman–Crippen LogP) is 4.89. The van der Waals surface area contributed by atoms with Crippen LogP contribution in [0.1, 0.15) is 42.7 Å². The van der Waals surface area contributed by atoms with E-state index in [4.69, 9.17) is 0 Å². The lowest BCUT2D eigenvalue weighted by Crippen LogP contribution is -2.13. The summed E-state index contributed by atoms with van der Waals surface area (Å²) in [5, 5.41) is 12.9. The molecule has 0 unspecified atom stereocenters. The summed E-state index contributed by atoms with van der Waals surface area (Å²) in [6.07, 6.45) is 1.26. The van der Waals surface area contributed by atoms with E-state index in [1.807, 2.05) is 44.2 Å². The Morgan fingerprint density at radius 3 is 2.73 bits per heavy atom. The van der Waals surface area contributed by atoms with Crippen LogP contribution in [0.2, 0.25) is 0 Å². The smallest absolute Gasteiger partial charge is 0.225 e. The number of thioether (sulfide) groups is 1. The van der Waals surface area contributed by atoms with E-state index >= 15 is 0 Å². The Kier molecular flexibility index (Phi) is 7.23. The van der Waals surface area contributed by atoms with Crippen LogP contribution in [0, 0.1) is 31.1 Å². The van der Waals surface area contributed by atoms with E-state index in [0.717, 1.165) is 28.9 Å². The number of carbonyl (C=O) groups excluding carboxylic acids is 1. The summed E-state index contributed by atoms with van der Waals surface area (Å²) in [6, 6.07) is 11.9. The van der Waals surface area contributed by atoms with Crippen LogP contribution in [-0.4, -0.2) is 16.6 Å². The zero-order valence-electron chi connectivity index (χ0n) is 15.8. The van der Waals surface area contributed by atoms with Crippen molar-refractivity contribution < 1.29 is 4.79 Å². The third-order valence-electron chi connectivity index (χ3n) is 3.89. The van der Waals surface area contributed by atoms with Gasteiger partial charge < -0.3 is 5.32 Å². The Labute approximate surface area is 160 Å². The molecule has 0 radical (unpaired) electrons. The first-order valence-corrected chi connectivity index (χ1v) is 9.77. The van der Waals surface area contributed by atoms with Crippen LogP contribution in [0.5, 0.6) is 0 Å². The van der Waals surface area contributed by atoms with Crippen molar-refractivity contribution >= 4 is 23.4 Å². The minimum Gasteiger partial charge on any atom is -0.326 e. The molecule has 2 rings (SSSR count). The molecule has 0 aliphatic rings. The highest BCUT2D eigenvalue weighted by molar-refractivity contribution is 7.99. The molecule has 0 saturated carbocycles. The Bertz CT molecular complexity index is 824. The average Bonchev–Trinajstić information content (AvgIpc) is 2.58. The van der Waals surface area contributed by atoms with Gasteiger partial charge in [0.05, 0.1) is 5.56 Å². The first kappa shape index (κ1) is 20.0. The minimum atomic E-state index is -0.0250. The topological polar surface area (TPSA) is 65.8 Å². The van der Waals surface area contributed by atoms with Gasteiger partial charge in [0.1, 0.15) is 11.1 Å². The lowest BCUT2D eigenvalue weighted by atomic mass is 10.1. The standard InChI is InChI=1S/C21H25N3OS/c1-14(2)11-18-8-7-17(13-22)21(23-18)26-10-9-20(25)24-19-12-15(3)5-6-16(19)4/h5-8,12,14H,9-11H2,1-4H3,(H,24,25). The summed E-state index contributed by atoms with van der Waals surface area (Å²) in [5.74, 6) is 1.07. The van der Waals surface area contributed by atoms with Crippen molar-refractivity contribution in [1.82, 2.24) is 4.98 Å². The van der Waals surface area contributed by atoms with Crippen molar-refractivity contribution in [1.29, 1.82) is 5.26 Å². The molecule has 0 bridgehead atoms. The molecular formula is C21H25N3OS. The first-order chi connectivity index (χ1) is 12.4. The van der Waals surface area contributed by atoms with E-state index in [0.29, 0.717) is 28.7 Å². The molecule has 4 nitrogen and oxygen atoms in total. The second-order valence-electron chi connectivity index (χ2n) is 6.83. The zero-order chi connectivity index (χ0) is 19.1. The number of hydrogen-bond acceptors (Lipinski definition) is 4. The molecule has 5 heteroatoms. The number of rotatable bonds is 7. The molecule has 136 valence electrons. The van der Waals surface area contributed by atoms with Crippen LogP contribution in [0.4, 0.5) is 5.69 Å². The zero-order valence-corrected chi connectivity index (χ0v) is 16.6. The summed E-state index contributed by atoms with van der Waals surface area (Å²) in [6.45, 7) is 8.27. The van der Waals surface area contributed by atoms with Crippen molar-refractivity contribution in [3.05, 3.63) is 52.7 Å². The quantitative estimate of drug-likeness (QED) is 0.708. The van der Waals surface area contributed by atoms with Gasteiger partial charge in [0.25, 0.3) is 0 Å². The lowest BCUT2D eigenvalue weighted by Gasteiger charge is -2.10. The molecule has 0 aliphatic carbocycles. The molecule has 2 aromatic rings. The first-order valence-electron chi connectivity index (χ1n) is 8.79. The van der Waals surface area contributed by atoms with Crippen molar-refractivity contribution in [2.45, 2.75) is 45.6 Å². The molecule has 26 heavy (non-hydrogen) atoms. The molecular weight excluding hydrogens is 342 g/mol. The Balaban J connectivity index is 1.95. The normalized spacial score (nSPS) is 10.6. The average molecular weight is 368 g/mol. The number of nitriles is 1. The Hall–Kier alpha value is -2.32. The molecule has 0 spiro atoms. The third-order valence-corrected chi connectivity index (χ3v) is 4.88. The van der Waals surface area contributed by atoms with Crippen LogP contribution in [0.25, 0.3) is 0 Å². The molecule has 0 fully saturated rings. The molecule has 0 saturated heterocycles. The van der Waals surface area contributed by atoms with Gasteiger partial charge in [-0.25, -0.2) is 4.98 Å². The minimum absolute atomic E-state index is 0.0250. The van der Waals surface area contributed by atoms with Crippen molar-refractivity contribution in [2.75, 3.05) is 11.1 Å².